The first-order chi connectivity index (χ1) is 18.9. The van der Waals surface area contributed by atoms with Crippen LogP contribution in [0.3, 0.4) is 0 Å². The third-order valence-electron chi connectivity index (χ3n) is 6.73. The zero-order chi connectivity index (χ0) is 27.1. The van der Waals surface area contributed by atoms with Gasteiger partial charge in [-0.15, -0.1) is 5.10 Å². The van der Waals surface area contributed by atoms with E-state index >= 15 is 0 Å². The van der Waals surface area contributed by atoms with E-state index in [4.69, 9.17) is 27.9 Å². The molecule has 0 amide bonds. The summed E-state index contributed by atoms with van der Waals surface area (Å²) >= 11 is 12.7. The van der Waals surface area contributed by atoms with Crippen LogP contribution in [-0.4, -0.2) is 53.8 Å². The van der Waals surface area contributed by atoms with E-state index in [1.165, 1.54) is 4.57 Å². The van der Waals surface area contributed by atoms with Gasteiger partial charge in [-0.2, -0.15) is 4.98 Å². The van der Waals surface area contributed by atoms with Crippen molar-refractivity contribution >= 4 is 45.9 Å². The van der Waals surface area contributed by atoms with Crippen LogP contribution in [0.4, 0.5) is 11.6 Å². The molecule has 1 saturated heterocycles. The normalized spacial score (nSPS) is 13.9. The molecule has 5 aromatic rings. The van der Waals surface area contributed by atoms with Crippen molar-refractivity contribution in [3.8, 4) is 22.9 Å². The number of pyridine rings is 2. The second-order valence-corrected chi connectivity index (χ2v) is 10.1. The maximum Gasteiger partial charge on any atom is 0.259 e. The lowest BCUT2D eigenvalue weighted by atomic mass is 10.1. The standard InChI is InChI=1S/C27H24Cl2N8O2/c1-3-36-14-18(15-36)37-10-9-23(34-37)39-22-8-7-17(13-30-22)32-27-31-12-16-11-19(26(38)35(2)25(16)33-27)24-20(28)5-4-6-21(24)29/h4-13,18H,3,14-15H2,1-2H3,(H,31,32,33). The lowest BCUT2D eigenvalue weighted by Gasteiger charge is -2.38. The smallest absolute Gasteiger partial charge is 0.259 e. The van der Waals surface area contributed by atoms with Gasteiger partial charge in [0, 0.05) is 55.6 Å². The van der Waals surface area contributed by atoms with Gasteiger partial charge in [-0.05, 0) is 30.8 Å². The zero-order valence-corrected chi connectivity index (χ0v) is 22.7. The van der Waals surface area contributed by atoms with Crippen LogP contribution in [0.25, 0.3) is 22.2 Å². The van der Waals surface area contributed by atoms with Crippen LogP contribution in [0.1, 0.15) is 13.0 Å². The minimum atomic E-state index is -0.271. The molecule has 0 bridgehead atoms. The Labute approximate surface area is 233 Å². The first-order valence-corrected chi connectivity index (χ1v) is 13.1. The number of benzene rings is 1. The molecule has 0 saturated carbocycles. The average molecular weight is 563 g/mol. The van der Waals surface area contributed by atoms with Crippen molar-refractivity contribution in [2.75, 3.05) is 25.0 Å². The Morgan fingerprint density at radius 3 is 2.56 bits per heavy atom. The van der Waals surface area contributed by atoms with Crippen molar-refractivity contribution in [2.45, 2.75) is 13.0 Å². The molecule has 6 rings (SSSR count). The second-order valence-electron chi connectivity index (χ2n) is 9.24. The number of likely N-dealkylation sites (N-methyl/N-ethyl adjacent to an activating group) is 1. The molecule has 5 heterocycles. The molecule has 1 aliphatic heterocycles. The van der Waals surface area contributed by atoms with Crippen LogP contribution in [0.5, 0.6) is 11.8 Å². The number of ether oxygens (including phenoxy) is 1. The lowest BCUT2D eigenvalue weighted by molar-refractivity contribution is 0.105. The highest BCUT2D eigenvalue weighted by molar-refractivity contribution is 6.39. The van der Waals surface area contributed by atoms with Gasteiger partial charge in [-0.25, -0.2) is 9.97 Å². The Kier molecular flexibility index (Phi) is 6.68. The van der Waals surface area contributed by atoms with Crippen LogP contribution in [0.15, 0.2) is 65.8 Å². The Morgan fingerprint density at radius 1 is 1.05 bits per heavy atom. The predicted octanol–water partition coefficient (Wildman–Crippen LogP) is 5.31. The van der Waals surface area contributed by atoms with E-state index in [2.05, 4.69) is 37.2 Å². The fraction of sp³-hybridized carbons (Fsp3) is 0.222. The highest BCUT2D eigenvalue weighted by Gasteiger charge is 2.27. The van der Waals surface area contributed by atoms with Crippen LogP contribution >= 0.6 is 23.2 Å². The van der Waals surface area contributed by atoms with E-state index in [0.29, 0.717) is 61.6 Å². The summed E-state index contributed by atoms with van der Waals surface area (Å²) in [5.74, 6) is 1.23. The van der Waals surface area contributed by atoms with E-state index in [-0.39, 0.29) is 5.56 Å². The number of nitrogens with one attached hydrogen (secondary N) is 1. The van der Waals surface area contributed by atoms with Gasteiger partial charge in [0.2, 0.25) is 17.7 Å². The molecule has 0 unspecified atom stereocenters. The largest absolute Gasteiger partial charge is 0.419 e. The molecular formula is C27H24Cl2N8O2. The molecule has 0 atom stereocenters. The van der Waals surface area contributed by atoms with Crippen LogP contribution in [0, 0.1) is 0 Å². The number of hydrogen-bond donors (Lipinski definition) is 1. The van der Waals surface area contributed by atoms with Gasteiger partial charge in [-0.3, -0.25) is 18.9 Å². The number of likely N-dealkylation sites (tertiary alicyclic amines) is 1. The highest BCUT2D eigenvalue weighted by Crippen LogP contribution is 2.34. The number of anilines is 2. The maximum absolute atomic E-state index is 13.2. The molecule has 1 N–H and O–H groups in total. The molecule has 0 spiro atoms. The fourth-order valence-corrected chi connectivity index (χ4v) is 5.14. The predicted molar refractivity (Wildman–Crippen MR) is 151 cm³/mol. The molecule has 4 aromatic heterocycles. The summed E-state index contributed by atoms with van der Waals surface area (Å²) in [5, 5.41) is 9.09. The van der Waals surface area contributed by atoms with E-state index < -0.39 is 0 Å². The number of halogens is 2. The molecule has 198 valence electrons. The summed E-state index contributed by atoms with van der Waals surface area (Å²) in [6, 6.07) is 12.6. The molecule has 1 aromatic carbocycles. The molecule has 1 aliphatic rings. The Balaban J connectivity index is 1.18. The summed E-state index contributed by atoms with van der Waals surface area (Å²) in [6.45, 7) is 5.20. The van der Waals surface area contributed by atoms with Gasteiger partial charge in [-0.1, -0.05) is 36.2 Å². The maximum atomic E-state index is 13.2. The van der Waals surface area contributed by atoms with Gasteiger partial charge in [0.1, 0.15) is 5.65 Å². The Morgan fingerprint density at radius 2 is 1.85 bits per heavy atom. The Hall–Kier alpha value is -3.99. The molecule has 0 radical (unpaired) electrons. The molecule has 0 aliphatic carbocycles. The topological polar surface area (TPSA) is 103 Å². The van der Waals surface area contributed by atoms with Crippen molar-refractivity contribution in [2.24, 2.45) is 7.05 Å². The van der Waals surface area contributed by atoms with Crippen molar-refractivity contribution < 1.29 is 4.74 Å². The lowest BCUT2D eigenvalue weighted by Crippen LogP contribution is -2.47. The monoisotopic (exact) mass is 562 g/mol. The van der Waals surface area contributed by atoms with Gasteiger partial charge in [0.05, 0.1) is 33.5 Å². The SMILES string of the molecule is CCN1CC(n2ccc(Oc3ccc(Nc4ncc5cc(-c6c(Cl)cccc6Cl)c(=O)n(C)c5n4)cn3)n2)C1. The first kappa shape index (κ1) is 25.3. The van der Waals surface area contributed by atoms with E-state index in [9.17, 15) is 4.79 Å². The van der Waals surface area contributed by atoms with Crippen molar-refractivity contribution in [1.29, 1.82) is 0 Å². The van der Waals surface area contributed by atoms with E-state index in [1.54, 1.807) is 55.8 Å². The summed E-state index contributed by atoms with van der Waals surface area (Å²) < 4.78 is 9.21. The third kappa shape index (κ3) is 4.94. The number of fused-ring (bicyclic) bond motifs is 1. The number of rotatable bonds is 7. The van der Waals surface area contributed by atoms with Crippen molar-refractivity contribution in [3.05, 3.63) is 81.5 Å². The number of aromatic nitrogens is 6. The number of nitrogens with zero attached hydrogens (tertiary/aromatic N) is 7. The summed E-state index contributed by atoms with van der Waals surface area (Å²) in [6.07, 6.45) is 5.19. The van der Waals surface area contributed by atoms with Gasteiger partial charge in [0.25, 0.3) is 5.56 Å². The van der Waals surface area contributed by atoms with Gasteiger partial charge >= 0.3 is 0 Å². The number of aryl methyl sites for hydroxylation is 1. The summed E-state index contributed by atoms with van der Waals surface area (Å²) in [4.78, 5) is 28.8. The number of hydrogen-bond acceptors (Lipinski definition) is 8. The van der Waals surface area contributed by atoms with Gasteiger partial charge < -0.3 is 10.1 Å². The average Bonchev–Trinajstić information content (AvgIpc) is 3.35. The molecule has 12 heteroatoms. The highest BCUT2D eigenvalue weighted by atomic mass is 35.5. The molecular weight excluding hydrogens is 539 g/mol. The quantitative estimate of drug-likeness (QED) is 0.285. The molecule has 39 heavy (non-hydrogen) atoms. The zero-order valence-electron chi connectivity index (χ0n) is 21.2. The Bertz CT molecular complexity index is 1710. The van der Waals surface area contributed by atoms with Crippen molar-refractivity contribution in [3.63, 3.8) is 0 Å². The third-order valence-corrected chi connectivity index (χ3v) is 7.36. The van der Waals surface area contributed by atoms with Crippen molar-refractivity contribution in [1.82, 2.24) is 34.2 Å². The van der Waals surface area contributed by atoms with Crippen LogP contribution < -0.4 is 15.6 Å². The van der Waals surface area contributed by atoms with Crippen LogP contribution in [0.2, 0.25) is 10.0 Å². The first-order valence-electron chi connectivity index (χ1n) is 12.4. The minimum Gasteiger partial charge on any atom is -0.419 e. The summed E-state index contributed by atoms with van der Waals surface area (Å²) in [5.41, 5.74) is 1.71. The van der Waals surface area contributed by atoms with E-state index in [0.717, 1.165) is 19.6 Å². The summed E-state index contributed by atoms with van der Waals surface area (Å²) in [7, 11) is 1.65. The molecule has 10 nitrogen and oxygen atoms in total. The molecule has 1 fully saturated rings. The van der Waals surface area contributed by atoms with Crippen LogP contribution in [-0.2, 0) is 7.05 Å². The van der Waals surface area contributed by atoms with E-state index in [1.807, 2.05) is 16.9 Å². The minimum absolute atomic E-state index is 0.271. The fourth-order valence-electron chi connectivity index (χ4n) is 4.54. The van der Waals surface area contributed by atoms with Gasteiger partial charge in [0.15, 0.2) is 0 Å². The second kappa shape index (κ2) is 10.3.